The van der Waals surface area contributed by atoms with Crippen molar-refractivity contribution in [2.75, 3.05) is 7.11 Å². The largest absolute Gasteiger partial charge is 0.508 e. The van der Waals surface area contributed by atoms with Gasteiger partial charge in [-0.1, -0.05) is 18.2 Å². The number of methoxy groups -OCH3 is 1. The Morgan fingerprint density at radius 3 is 2.61 bits per heavy atom. The molecular weight excluding hydrogens is 409 g/mol. The maximum Gasteiger partial charge on any atom is 0.328 e. The van der Waals surface area contributed by atoms with E-state index in [1.807, 2.05) is 24.3 Å². The number of phenols is 1. The Labute approximate surface area is 147 Å². The lowest BCUT2D eigenvalue weighted by molar-refractivity contribution is -0.142. The van der Waals surface area contributed by atoms with Gasteiger partial charge in [0.1, 0.15) is 11.8 Å². The highest BCUT2D eigenvalue weighted by Crippen LogP contribution is 2.13. The zero-order chi connectivity index (χ0) is 16.8. The van der Waals surface area contributed by atoms with Gasteiger partial charge in [-0.2, -0.15) is 0 Å². The number of ether oxygens (including phenoxy) is 1. The van der Waals surface area contributed by atoms with E-state index in [4.69, 9.17) is 4.74 Å². The van der Waals surface area contributed by atoms with Crippen molar-refractivity contribution >= 4 is 34.5 Å². The highest BCUT2D eigenvalue weighted by molar-refractivity contribution is 14.1. The summed E-state index contributed by atoms with van der Waals surface area (Å²) in [6, 6.07) is 12.8. The number of carbonyl (C=O) groups is 2. The summed E-state index contributed by atoms with van der Waals surface area (Å²) in [7, 11) is 1.28. The van der Waals surface area contributed by atoms with Gasteiger partial charge in [-0.05, 0) is 58.5 Å². The molecule has 5 nitrogen and oxygen atoms in total. The molecule has 0 aliphatic carbocycles. The highest BCUT2D eigenvalue weighted by atomic mass is 127. The minimum Gasteiger partial charge on any atom is -0.508 e. The third-order valence-corrected chi connectivity index (χ3v) is 3.90. The zero-order valence-electron chi connectivity index (χ0n) is 12.5. The van der Waals surface area contributed by atoms with Gasteiger partial charge in [0, 0.05) is 15.6 Å². The maximum atomic E-state index is 12.3. The zero-order valence-corrected chi connectivity index (χ0v) is 14.6. The lowest BCUT2D eigenvalue weighted by atomic mass is 10.1. The minimum absolute atomic E-state index is 0.00937. The number of nitrogens with one attached hydrogen (secondary N) is 1. The number of carbonyl (C=O) groups excluding carboxylic acids is 2. The van der Waals surface area contributed by atoms with Crippen molar-refractivity contribution in [3.8, 4) is 5.75 Å². The third kappa shape index (κ3) is 4.95. The van der Waals surface area contributed by atoms with Crippen molar-refractivity contribution in [1.82, 2.24) is 5.32 Å². The molecule has 2 rings (SSSR count). The molecule has 120 valence electrons. The van der Waals surface area contributed by atoms with Crippen LogP contribution in [0.25, 0.3) is 0 Å². The van der Waals surface area contributed by atoms with E-state index in [2.05, 4.69) is 27.9 Å². The van der Waals surface area contributed by atoms with E-state index in [1.54, 1.807) is 12.1 Å². The first-order valence-corrected chi connectivity index (χ1v) is 7.99. The number of hydrogen-bond donors (Lipinski definition) is 2. The van der Waals surface area contributed by atoms with Crippen molar-refractivity contribution in [3.63, 3.8) is 0 Å². The Balaban J connectivity index is 2.15. The van der Waals surface area contributed by atoms with Gasteiger partial charge in [-0.3, -0.25) is 4.79 Å². The Kier molecular flexibility index (Phi) is 5.97. The molecule has 0 unspecified atom stereocenters. The van der Waals surface area contributed by atoms with Crippen LogP contribution in [-0.4, -0.2) is 30.1 Å². The molecule has 0 heterocycles. The molecule has 0 bridgehead atoms. The predicted octanol–water partition coefficient (Wildman–Crippen LogP) is 2.51. The summed E-state index contributed by atoms with van der Waals surface area (Å²) in [6.07, 6.45) is 0.327. The van der Waals surface area contributed by atoms with Gasteiger partial charge in [0.05, 0.1) is 7.11 Å². The second-order valence-corrected chi connectivity index (χ2v) is 6.18. The molecule has 1 amide bonds. The molecule has 0 fully saturated rings. The molecule has 0 spiro atoms. The number of amides is 1. The van der Waals surface area contributed by atoms with Crippen LogP contribution in [0.2, 0.25) is 0 Å². The normalized spacial score (nSPS) is 11.6. The Morgan fingerprint density at radius 1 is 1.22 bits per heavy atom. The molecule has 2 N–H and O–H groups in total. The summed E-state index contributed by atoms with van der Waals surface area (Å²) in [5.74, 6) is -0.968. The summed E-state index contributed by atoms with van der Waals surface area (Å²) in [6.45, 7) is 0. The highest BCUT2D eigenvalue weighted by Gasteiger charge is 2.22. The first-order chi connectivity index (χ1) is 11.0. The van der Waals surface area contributed by atoms with Gasteiger partial charge in [0.2, 0.25) is 0 Å². The minimum atomic E-state index is -0.798. The Bertz CT molecular complexity index is 717. The van der Waals surface area contributed by atoms with Crippen LogP contribution in [0, 0.1) is 3.57 Å². The van der Waals surface area contributed by atoms with Crippen molar-refractivity contribution in [1.29, 1.82) is 0 Å². The SMILES string of the molecule is COC(=O)[C@H](Cc1cccc(I)c1)NC(=O)c1cccc(O)c1. The van der Waals surface area contributed by atoms with Gasteiger partial charge >= 0.3 is 5.97 Å². The lowest BCUT2D eigenvalue weighted by Gasteiger charge is -2.17. The van der Waals surface area contributed by atoms with Crippen LogP contribution in [-0.2, 0) is 16.0 Å². The number of rotatable bonds is 5. The van der Waals surface area contributed by atoms with E-state index in [1.165, 1.54) is 19.2 Å². The number of halogens is 1. The molecule has 0 aliphatic rings. The summed E-state index contributed by atoms with van der Waals surface area (Å²) in [5, 5.41) is 12.1. The number of esters is 1. The summed E-state index contributed by atoms with van der Waals surface area (Å²) in [5.41, 5.74) is 1.20. The summed E-state index contributed by atoms with van der Waals surface area (Å²) in [4.78, 5) is 24.2. The number of benzene rings is 2. The van der Waals surface area contributed by atoms with Crippen molar-refractivity contribution in [3.05, 3.63) is 63.2 Å². The van der Waals surface area contributed by atoms with Crippen LogP contribution in [0.1, 0.15) is 15.9 Å². The van der Waals surface area contributed by atoms with Crippen molar-refractivity contribution in [2.24, 2.45) is 0 Å². The predicted molar refractivity (Wildman–Crippen MR) is 94.2 cm³/mol. The molecule has 1 atom stereocenters. The summed E-state index contributed by atoms with van der Waals surface area (Å²) < 4.78 is 5.81. The van der Waals surface area contributed by atoms with Gasteiger partial charge in [-0.25, -0.2) is 4.79 Å². The number of hydrogen-bond acceptors (Lipinski definition) is 4. The fourth-order valence-corrected chi connectivity index (χ4v) is 2.73. The topological polar surface area (TPSA) is 75.6 Å². The Morgan fingerprint density at radius 2 is 1.96 bits per heavy atom. The second-order valence-electron chi connectivity index (χ2n) is 4.93. The third-order valence-electron chi connectivity index (χ3n) is 3.23. The average molecular weight is 425 g/mol. The van der Waals surface area contributed by atoms with E-state index in [-0.39, 0.29) is 11.3 Å². The van der Waals surface area contributed by atoms with E-state index < -0.39 is 17.9 Å². The molecule has 6 heteroatoms. The molecule has 23 heavy (non-hydrogen) atoms. The van der Waals surface area contributed by atoms with E-state index >= 15 is 0 Å². The van der Waals surface area contributed by atoms with E-state index in [0.29, 0.717) is 6.42 Å². The van der Waals surface area contributed by atoms with E-state index in [0.717, 1.165) is 9.13 Å². The van der Waals surface area contributed by atoms with Crippen LogP contribution >= 0.6 is 22.6 Å². The smallest absolute Gasteiger partial charge is 0.328 e. The molecular formula is C17H16INO4. The quantitative estimate of drug-likeness (QED) is 0.571. The van der Waals surface area contributed by atoms with Crippen molar-refractivity contribution in [2.45, 2.75) is 12.5 Å². The molecule has 2 aromatic rings. The molecule has 0 aromatic heterocycles. The molecule has 2 aromatic carbocycles. The first-order valence-electron chi connectivity index (χ1n) is 6.92. The monoisotopic (exact) mass is 425 g/mol. The van der Waals surface area contributed by atoms with Crippen LogP contribution in [0.3, 0.4) is 0 Å². The van der Waals surface area contributed by atoms with Crippen LogP contribution < -0.4 is 5.32 Å². The summed E-state index contributed by atoms with van der Waals surface area (Å²) >= 11 is 2.19. The molecule has 0 radical (unpaired) electrons. The van der Waals surface area contributed by atoms with Crippen LogP contribution in [0.15, 0.2) is 48.5 Å². The van der Waals surface area contributed by atoms with Gasteiger partial charge in [0.15, 0.2) is 0 Å². The lowest BCUT2D eigenvalue weighted by Crippen LogP contribution is -2.43. The second kappa shape index (κ2) is 7.96. The fourth-order valence-electron chi connectivity index (χ4n) is 2.12. The fraction of sp³-hybridized carbons (Fsp3) is 0.176. The molecule has 0 saturated carbocycles. The maximum absolute atomic E-state index is 12.3. The van der Waals surface area contributed by atoms with Gasteiger partial charge in [0.25, 0.3) is 5.91 Å². The van der Waals surface area contributed by atoms with Crippen molar-refractivity contribution < 1.29 is 19.4 Å². The Hall–Kier alpha value is -2.09. The average Bonchev–Trinajstić information content (AvgIpc) is 2.53. The number of aromatic hydroxyl groups is 1. The van der Waals surface area contributed by atoms with Gasteiger partial charge in [-0.15, -0.1) is 0 Å². The van der Waals surface area contributed by atoms with E-state index in [9.17, 15) is 14.7 Å². The first kappa shape index (κ1) is 17.3. The van der Waals surface area contributed by atoms with Gasteiger partial charge < -0.3 is 15.2 Å². The van der Waals surface area contributed by atoms with Crippen LogP contribution in [0.5, 0.6) is 5.75 Å². The molecule has 0 aliphatic heterocycles. The van der Waals surface area contributed by atoms with Crippen LogP contribution in [0.4, 0.5) is 0 Å². The number of phenolic OH excluding ortho intramolecular Hbond substituents is 1. The molecule has 0 saturated heterocycles. The standard InChI is InChI=1S/C17H16INO4/c1-23-17(22)15(9-11-4-2-6-13(18)8-11)19-16(21)12-5-3-7-14(20)10-12/h2-8,10,15,20H,9H2,1H3,(H,19,21)/t15-/m0/s1.